The summed E-state index contributed by atoms with van der Waals surface area (Å²) in [4.78, 5) is 0. The molecular formula is C3H3N3O. The molecule has 7 heavy (non-hydrogen) atoms. The summed E-state index contributed by atoms with van der Waals surface area (Å²) in [6, 6.07) is 1.51. The van der Waals surface area contributed by atoms with Gasteiger partial charge in [0.15, 0.2) is 0 Å². The molecule has 0 atom stereocenters. The Balaban J connectivity index is 2.96. The quantitative estimate of drug-likeness (QED) is 0.537. The maximum atomic E-state index is 6.36. The summed E-state index contributed by atoms with van der Waals surface area (Å²) in [5, 5.41) is 6.28. The molecule has 0 fully saturated rings. The van der Waals surface area contributed by atoms with E-state index in [-0.39, 0.29) is 0 Å². The number of rotatable bonds is 1. The van der Waals surface area contributed by atoms with Crippen LogP contribution in [0, 0.1) is 5.53 Å². The summed E-state index contributed by atoms with van der Waals surface area (Å²) in [6.45, 7) is 0. The van der Waals surface area contributed by atoms with Crippen molar-refractivity contribution >= 4 is 5.82 Å². The Labute approximate surface area is 39.6 Å². The van der Waals surface area contributed by atoms with Crippen LogP contribution in [0.4, 0.5) is 5.82 Å². The monoisotopic (exact) mass is 97.0 g/mol. The van der Waals surface area contributed by atoms with Gasteiger partial charge in [0.2, 0.25) is 5.82 Å². The summed E-state index contributed by atoms with van der Waals surface area (Å²) in [7, 11) is 0. The van der Waals surface area contributed by atoms with Crippen molar-refractivity contribution in [2.45, 2.75) is 0 Å². The predicted molar refractivity (Wildman–Crippen MR) is 21.3 cm³/mol. The van der Waals surface area contributed by atoms with Crippen molar-refractivity contribution in [2.75, 3.05) is 0 Å². The minimum Gasteiger partial charge on any atom is -0.362 e. The van der Waals surface area contributed by atoms with E-state index in [0.717, 1.165) is 0 Å². The highest BCUT2D eigenvalue weighted by atomic mass is 16.5. The maximum absolute atomic E-state index is 6.36. The van der Waals surface area contributed by atoms with E-state index >= 15 is 0 Å². The lowest BCUT2D eigenvalue weighted by Crippen LogP contribution is -1.51. The molecule has 0 amide bonds. The first kappa shape index (κ1) is 3.98. The number of nitrogens with one attached hydrogen (secondary N) is 1. The molecule has 4 nitrogen and oxygen atoms in total. The average molecular weight is 97.1 g/mol. The third kappa shape index (κ3) is 0.623. The van der Waals surface area contributed by atoms with Gasteiger partial charge in [-0.2, -0.15) is 0 Å². The fraction of sp³-hybridized carbons (Fsp3) is 0. The van der Waals surface area contributed by atoms with Crippen LogP contribution in [0.15, 0.2) is 22.0 Å². The second kappa shape index (κ2) is 1.51. The molecule has 1 rings (SSSR count). The second-order valence-electron chi connectivity index (χ2n) is 0.969. The summed E-state index contributed by atoms with van der Waals surface area (Å²) in [5.41, 5.74) is 6.36. The fourth-order valence-corrected chi connectivity index (χ4v) is 0.264. The molecule has 4 heteroatoms. The van der Waals surface area contributed by atoms with Gasteiger partial charge in [-0.1, -0.05) is 5.16 Å². The van der Waals surface area contributed by atoms with Crippen molar-refractivity contribution < 1.29 is 4.52 Å². The largest absolute Gasteiger partial charge is 0.362 e. The standard InChI is InChI=1S/C3H3N3O/c4-5-3-1-2-7-6-3/h1-2,4H. The summed E-state index contributed by atoms with van der Waals surface area (Å²) < 4.78 is 4.34. The first-order valence-electron chi connectivity index (χ1n) is 1.71. The van der Waals surface area contributed by atoms with Gasteiger partial charge in [-0.15, -0.1) is 5.11 Å². The molecule has 1 heterocycles. The van der Waals surface area contributed by atoms with E-state index in [1.807, 2.05) is 0 Å². The third-order valence-electron chi connectivity index (χ3n) is 0.539. The zero-order chi connectivity index (χ0) is 5.11. The number of nitrogens with zero attached hydrogens (tertiary/aromatic N) is 2. The van der Waals surface area contributed by atoms with Gasteiger partial charge in [0.25, 0.3) is 0 Å². The van der Waals surface area contributed by atoms with Crippen molar-refractivity contribution in [1.29, 1.82) is 5.53 Å². The molecule has 36 valence electrons. The molecule has 0 bridgehead atoms. The van der Waals surface area contributed by atoms with Crippen molar-refractivity contribution in [3.8, 4) is 0 Å². The van der Waals surface area contributed by atoms with Crippen LogP contribution in [0.25, 0.3) is 0 Å². The normalized spacial score (nSPS) is 8.57. The van der Waals surface area contributed by atoms with Crippen molar-refractivity contribution in [3.05, 3.63) is 12.3 Å². The summed E-state index contributed by atoms with van der Waals surface area (Å²) in [6.07, 6.45) is 1.37. The highest BCUT2D eigenvalue weighted by Gasteiger charge is 1.85. The van der Waals surface area contributed by atoms with Gasteiger partial charge >= 0.3 is 0 Å². The minimum absolute atomic E-state index is 0.306. The predicted octanol–water partition coefficient (Wildman–Crippen LogP) is 1.34. The molecule has 1 aromatic rings. The van der Waals surface area contributed by atoms with Gasteiger partial charge in [-0.05, 0) is 0 Å². The van der Waals surface area contributed by atoms with E-state index in [9.17, 15) is 0 Å². The molecule has 0 saturated heterocycles. The van der Waals surface area contributed by atoms with Gasteiger partial charge in [0.1, 0.15) is 6.26 Å². The number of aromatic nitrogens is 1. The van der Waals surface area contributed by atoms with Crippen molar-refractivity contribution in [3.63, 3.8) is 0 Å². The Kier molecular flexibility index (Phi) is 0.856. The molecule has 0 spiro atoms. The molecule has 1 N–H and O–H groups in total. The Hall–Kier alpha value is -1.19. The van der Waals surface area contributed by atoms with Crippen LogP contribution < -0.4 is 0 Å². The van der Waals surface area contributed by atoms with Crippen LogP contribution in [0.2, 0.25) is 0 Å². The summed E-state index contributed by atoms with van der Waals surface area (Å²) >= 11 is 0. The fourth-order valence-electron chi connectivity index (χ4n) is 0.264. The van der Waals surface area contributed by atoms with Crippen LogP contribution in [0.3, 0.4) is 0 Å². The molecule has 0 unspecified atom stereocenters. The summed E-state index contributed by atoms with van der Waals surface area (Å²) in [5.74, 6) is 0.306. The zero-order valence-corrected chi connectivity index (χ0v) is 3.46. The number of hydrogen-bond acceptors (Lipinski definition) is 4. The molecule has 0 aliphatic carbocycles. The van der Waals surface area contributed by atoms with Crippen LogP contribution in [0.1, 0.15) is 0 Å². The lowest BCUT2D eigenvalue weighted by Gasteiger charge is -1.65. The minimum atomic E-state index is 0.306. The zero-order valence-electron chi connectivity index (χ0n) is 3.46. The van der Waals surface area contributed by atoms with Gasteiger partial charge in [-0.3, -0.25) is 0 Å². The average Bonchev–Trinajstić information content (AvgIpc) is 2.14. The van der Waals surface area contributed by atoms with Crippen molar-refractivity contribution in [1.82, 2.24) is 5.16 Å². The molecule has 0 radical (unpaired) electrons. The van der Waals surface area contributed by atoms with Crippen LogP contribution in [-0.4, -0.2) is 5.16 Å². The smallest absolute Gasteiger partial charge is 0.215 e. The molecule has 1 aromatic heterocycles. The maximum Gasteiger partial charge on any atom is 0.215 e. The van der Waals surface area contributed by atoms with E-state index in [1.165, 1.54) is 12.3 Å². The first-order valence-corrected chi connectivity index (χ1v) is 1.71. The molecule has 0 aliphatic rings. The highest BCUT2D eigenvalue weighted by Crippen LogP contribution is 2.02. The van der Waals surface area contributed by atoms with Crippen LogP contribution in [-0.2, 0) is 0 Å². The Morgan fingerprint density at radius 3 is 3.00 bits per heavy atom. The van der Waals surface area contributed by atoms with E-state index in [0.29, 0.717) is 5.82 Å². The van der Waals surface area contributed by atoms with Crippen LogP contribution >= 0.6 is 0 Å². The molecule has 0 saturated carbocycles. The SMILES string of the molecule is N=Nc1ccon1. The van der Waals surface area contributed by atoms with E-state index in [2.05, 4.69) is 14.8 Å². The third-order valence-corrected chi connectivity index (χ3v) is 0.539. The lowest BCUT2D eigenvalue weighted by atomic mass is 10.7. The van der Waals surface area contributed by atoms with Gasteiger partial charge in [-0.25, -0.2) is 5.53 Å². The second-order valence-corrected chi connectivity index (χ2v) is 0.969. The van der Waals surface area contributed by atoms with E-state index in [1.54, 1.807) is 0 Å². The molecular weight excluding hydrogens is 94.1 g/mol. The lowest BCUT2D eigenvalue weighted by molar-refractivity contribution is 0.421. The molecule has 0 aromatic carbocycles. The van der Waals surface area contributed by atoms with E-state index in [4.69, 9.17) is 5.53 Å². The van der Waals surface area contributed by atoms with E-state index < -0.39 is 0 Å². The van der Waals surface area contributed by atoms with Gasteiger partial charge < -0.3 is 4.52 Å². The number of hydrogen-bond donors (Lipinski definition) is 1. The van der Waals surface area contributed by atoms with Crippen molar-refractivity contribution in [2.24, 2.45) is 5.11 Å². The first-order chi connectivity index (χ1) is 3.43. The van der Waals surface area contributed by atoms with Gasteiger partial charge in [0.05, 0.1) is 0 Å². The van der Waals surface area contributed by atoms with Crippen LogP contribution in [0.5, 0.6) is 0 Å². The Morgan fingerprint density at radius 1 is 1.86 bits per heavy atom. The Bertz CT molecular complexity index is 145. The highest BCUT2D eigenvalue weighted by molar-refractivity contribution is 5.18. The molecule has 0 aliphatic heterocycles. The van der Waals surface area contributed by atoms with Gasteiger partial charge in [0, 0.05) is 6.07 Å². The Morgan fingerprint density at radius 2 is 2.71 bits per heavy atom. The topological polar surface area (TPSA) is 62.2 Å².